The van der Waals surface area contributed by atoms with Crippen LogP contribution in [0, 0.1) is 0 Å². The second kappa shape index (κ2) is 4.62. The summed E-state index contributed by atoms with van der Waals surface area (Å²) in [6, 6.07) is 0. The van der Waals surface area contributed by atoms with Gasteiger partial charge in [-0.3, -0.25) is 0 Å². The maximum absolute atomic E-state index is 11.3. The number of sulfone groups is 1. The number of allylic oxidation sites excluding steroid dienone is 1. The van der Waals surface area contributed by atoms with Crippen molar-refractivity contribution >= 4 is 9.84 Å². The molecule has 12 heavy (non-hydrogen) atoms. The first-order valence-electron chi connectivity index (χ1n) is 3.99. The molecule has 1 rings (SSSR count). The van der Waals surface area contributed by atoms with Gasteiger partial charge in [-0.1, -0.05) is 12.5 Å². The second-order valence-electron chi connectivity index (χ2n) is 3.01. The van der Waals surface area contributed by atoms with Crippen LogP contribution in [0.25, 0.3) is 0 Å². The van der Waals surface area contributed by atoms with E-state index in [1.807, 2.05) is 0 Å². The van der Waals surface area contributed by atoms with Gasteiger partial charge in [0.1, 0.15) is 0 Å². The molecule has 1 aliphatic rings. The minimum Gasteiger partial charge on any atom is -0.412 e. The molecule has 0 saturated carbocycles. The molecule has 1 unspecified atom stereocenters. The quantitative estimate of drug-likeness (QED) is 0.605. The lowest BCUT2D eigenvalue weighted by atomic mass is 10.1. The molecular formula is C8H16O3S. The van der Waals surface area contributed by atoms with Gasteiger partial charge >= 0.3 is 0 Å². The SMILES string of the molecule is C=CCC1CCCCS1(=O)=O.O. The van der Waals surface area contributed by atoms with Gasteiger partial charge in [-0.25, -0.2) is 8.42 Å². The second-order valence-corrected chi connectivity index (χ2v) is 5.41. The molecule has 0 bridgehead atoms. The summed E-state index contributed by atoms with van der Waals surface area (Å²) in [5, 5.41) is -0.131. The predicted octanol–water partition coefficient (Wildman–Crippen LogP) is 0.705. The van der Waals surface area contributed by atoms with Crippen LogP contribution in [0.1, 0.15) is 25.7 Å². The topological polar surface area (TPSA) is 65.6 Å². The van der Waals surface area contributed by atoms with Crippen LogP contribution in [0.4, 0.5) is 0 Å². The van der Waals surface area contributed by atoms with Crippen LogP contribution >= 0.6 is 0 Å². The molecular weight excluding hydrogens is 176 g/mol. The monoisotopic (exact) mass is 192 g/mol. The van der Waals surface area contributed by atoms with E-state index in [1.165, 1.54) is 0 Å². The molecule has 2 N–H and O–H groups in total. The van der Waals surface area contributed by atoms with Crippen LogP contribution in [-0.4, -0.2) is 24.9 Å². The summed E-state index contributed by atoms with van der Waals surface area (Å²) >= 11 is 0. The zero-order chi connectivity index (χ0) is 8.32. The molecule has 3 nitrogen and oxygen atoms in total. The first-order chi connectivity index (χ1) is 5.17. The molecule has 1 aliphatic heterocycles. The Bertz CT molecular complexity index is 231. The number of hydrogen-bond acceptors (Lipinski definition) is 2. The van der Waals surface area contributed by atoms with Gasteiger partial charge in [0, 0.05) is 0 Å². The molecule has 0 aromatic rings. The third kappa shape index (κ3) is 2.60. The van der Waals surface area contributed by atoms with E-state index < -0.39 is 9.84 Å². The fourth-order valence-corrected chi connectivity index (χ4v) is 3.37. The Balaban J connectivity index is 0.00000121. The van der Waals surface area contributed by atoms with Crippen molar-refractivity contribution in [2.75, 3.05) is 5.75 Å². The highest BCUT2D eigenvalue weighted by molar-refractivity contribution is 7.92. The largest absolute Gasteiger partial charge is 0.412 e. The lowest BCUT2D eigenvalue weighted by Gasteiger charge is -2.20. The van der Waals surface area contributed by atoms with Crippen LogP contribution in [0.3, 0.4) is 0 Å². The van der Waals surface area contributed by atoms with Gasteiger partial charge < -0.3 is 5.48 Å². The van der Waals surface area contributed by atoms with Gasteiger partial charge in [0.05, 0.1) is 11.0 Å². The maximum Gasteiger partial charge on any atom is 0.153 e. The summed E-state index contributed by atoms with van der Waals surface area (Å²) in [6.07, 6.45) is 5.05. The Morgan fingerprint density at radius 1 is 1.42 bits per heavy atom. The van der Waals surface area contributed by atoms with Crippen LogP contribution in [0.15, 0.2) is 12.7 Å². The molecule has 0 aromatic carbocycles. The van der Waals surface area contributed by atoms with Crippen LogP contribution in [0.2, 0.25) is 0 Å². The number of rotatable bonds is 2. The Hall–Kier alpha value is -0.350. The van der Waals surface area contributed by atoms with Crippen molar-refractivity contribution < 1.29 is 13.9 Å². The van der Waals surface area contributed by atoms with Crippen molar-refractivity contribution in [3.63, 3.8) is 0 Å². The van der Waals surface area contributed by atoms with E-state index in [9.17, 15) is 8.42 Å². The lowest BCUT2D eigenvalue weighted by molar-refractivity contribution is 0.540. The number of hydrogen-bond donors (Lipinski definition) is 0. The van der Waals surface area contributed by atoms with Crippen LogP contribution in [-0.2, 0) is 9.84 Å². The Morgan fingerprint density at radius 2 is 2.08 bits per heavy atom. The molecule has 0 amide bonds. The normalized spacial score (nSPS) is 27.2. The van der Waals surface area contributed by atoms with Gasteiger partial charge in [0.15, 0.2) is 9.84 Å². The minimum absolute atomic E-state index is 0. The third-order valence-electron chi connectivity index (χ3n) is 2.14. The molecule has 1 saturated heterocycles. The van der Waals surface area contributed by atoms with Crippen molar-refractivity contribution in [1.29, 1.82) is 0 Å². The molecule has 0 aromatic heterocycles. The van der Waals surface area contributed by atoms with E-state index in [0.717, 1.165) is 19.3 Å². The van der Waals surface area contributed by atoms with Crippen molar-refractivity contribution in [3.8, 4) is 0 Å². The Morgan fingerprint density at radius 3 is 2.58 bits per heavy atom. The molecule has 0 aliphatic carbocycles. The summed E-state index contributed by atoms with van der Waals surface area (Å²) in [7, 11) is -2.76. The average Bonchev–Trinajstić information content (AvgIpc) is 1.94. The van der Waals surface area contributed by atoms with E-state index in [4.69, 9.17) is 0 Å². The molecule has 0 spiro atoms. The molecule has 72 valence electrons. The maximum atomic E-state index is 11.3. The minimum atomic E-state index is -2.76. The van der Waals surface area contributed by atoms with Gasteiger partial charge in [0.25, 0.3) is 0 Å². The van der Waals surface area contributed by atoms with Gasteiger partial charge in [-0.2, -0.15) is 0 Å². The summed E-state index contributed by atoms with van der Waals surface area (Å²) < 4.78 is 22.6. The highest BCUT2D eigenvalue weighted by atomic mass is 32.2. The van der Waals surface area contributed by atoms with E-state index in [-0.39, 0.29) is 10.7 Å². The van der Waals surface area contributed by atoms with E-state index >= 15 is 0 Å². The van der Waals surface area contributed by atoms with Crippen LogP contribution in [0.5, 0.6) is 0 Å². The zero-order valence-electron chi connectivity index (χ0n) is 7.12. The molecule has 1 atom stereocenters. The molecule has 0 radical (unpaired) electrons. The summed E-state index contributed by atoms with van der Waals surface area (Å²) in [5.41, 5.74) is 0. The fourth-order valence-electron chi connectivity index (χ4n) is 1.47. The van der Waals surface area contributed by atoms with Crippen molar-refractivity contribution in [2.24, 2.45) is 0 Å². The van der Waals surface area contributed by atoms with E-state index in [0.29, 0.717) is 12.2 Å². The third-order valence-corrected chi connectivity index (χ3v) is 4.44. The Labute approximate surface area is 73.7 Å². The van der Waals surface area contributed by atoms with Gasteiger partial charge in [-0.15, -0.1) is 6.58 Å². The van der Waals surface area contributed by atoms with Gasteiger partial charge in [0.2, 0.25) is 0 Å². The predicted molar refractivity (Wildman–Crippen MR) is 49.9 cm³/mol. The highest BCUT2D eigenvalue weighted by Crippen LogP contribution is 2.21. The Kier molecular flexibility index (Phi) is 4.49. The van der Waals surface area contributed by atoms with Gasteiger partial charge in [-0.05, 0) is 19.3 Å². The summed E-state index contributed by atoms with van der Waals surface area (Å²) in [6.45, 7) is 3.56. The molecule has 4 heteroatoms. The van der Waals surface area contributed by atoms with Crippen molar-refractivity contribution in [1.82, 2.24) is 0 Å². The summed E-state index contributed by atoms with van der Waals surface area (Å²) in [5.74, 6) is 0.380. The first-order valence-corrected chi connectivity index (χ1v) is 5.71. The van der Waals surface area contributed by atoms with Crippen molar-refractivity contribution in [3.05, 3.63) is 12.7 Å². The fraction of sp³-hybridized carbons (Fsp3) is 0.750. The van der Waals surface area contributed by atoms with E-state index in [1.54, 1.807) is 6.08 Å². The molecule has 1 heterocycles. The average molecular weight is 192 g/mol. The zero-order valence-corrected chi connectivity index (χ0v) is 7.94. The first kappa shape index (κ1) is 11.6. The van der Waals surface area contributed by atoms with Crippen LogP contribution < -0.4 is 0 Å². The standard InChI is InChI=1S/C8H14O2S.H2O/c1-2-5-8-6-3-4-7-11(8,9)10;/h2,8H,1,3-7H2;1H2. The molecule has 1 fully saturated rings. The highest BCUT2D eigenvalue weighted by Gasteiger charge is 2.26. The van der Waals surface area contributed by atoms with Crippen molar-refractivity contribution in [2.45, 2.75) is 30.9 Å². The summed E-state index contributed by atoms with van der Waals surface area (Å²) in [4.78, 5) is 0. The smallest absolute Gasteiger partial charge is 0.153 e. The lowest BCUT2D eigenvalue weighted by Crippen LogP contribution is -2.27. The van der Waals surface area contributed by atoms with E-state index in [2.05, 4.69) is 6.58 Å².